The highest BCUT2D eigenvalue weighted by atomic mass is 32.2. The SMILES string of the molecule is C=CC[C@@H](O)[C@@H](CO)NS(=O)(=O)c1ccccc1. The van der Waals surface area contributed by atoms with Crippen molar-refractivity contribution >= 4 is 10.0 Å². The quantitative estimate of drug-likeness (QED) is 0.621. The summed E-state index contributed by atoms with van der Waals surface area (Å²) in [4.78, 5) is 0.0919. The lowest BCUT2D eigenvalue weighted by Crippen LogP contribution is -2.45. The van der Waals surface area contributed by atoms with Crippen LogP contribution < -0.4 is 4.72 Å². The van der Waals surface area contributed by atoms with E-state index < -0.39 is 28.8 Å². The summed E-state index contributed by atoms with van der Waals surface area (Å²) in [6, 6.07) is 6.83. The van der Waals surface area contributed by atoms with E-state index in [1.165, 1.54) is 18.2 Å². The Morgan fingerprint density at radius 3 is 2.44 bits per heavy atom. The lowest BCUT2D eigenvalue weighted by Gasteiger charge is -2.21. The maximum Gasteiger partial charge on any atom is 0.240 e. The molecule has 0 heterocycles. The van der Waals surface area contributed by atoms with E-state index in [0.717, 1.165) is 0 Å². The molecule has 0 unspecified atom stereocenters. The van der Waals surface area contributed by atoms with Gasteiger partial charge in [0.1, 0.15) is 0 Å². The van der Waals surface area contributed by atoms with Gasteiger partial charge in [-0.05, 0) is 18.6 Å². The zero-order chi connectivity index (χ0) is 13.6. The van der Waals surface area contributed by atoms with Gasteiger partial charge in [-0.1, -0.05) is 24.3 Å². The highest BCUT2D eigenvalue weighted by Crippen LogP contribution is 2.10. The van der Waals surface area contributed by atoms with Crippen molar-refractivity contribution in [1.29, 1.82) is 0 Å². The van der Waals surface area contributed by atoms with Crippen LogP contribution in [0.4, 0.5) is 0 Å². The van der Waals surface area contributed by atoms with Gasteiger partial charge < -0.3 is 10.2 Å². The standard InChI is InChI=1S/C12H17NO4S/c1-2-6-12(15)11(9-14)13-18(16,17)10-7-4-3-5-8-10/h2-5,7-8,11-15H,1,6,9H2/t11-,12-/m1/s1. The van der Waals surface area contributed by atoms with Gasteiger partial charge in [-0.3, -0.25) is 0 Å². The number of benzene rings is 1. The maximum atomic E-state index is 12.0. The molecule has 18 heavy (non-hydrogen) atoms. The molecular formula is C12H17NO4S. The molecule has 100 valence electrons. The monoisotopic (exact) mass is 271 g/mol. The molecule has 5 nitrogen and oxygen atoms in total. The van der Waals surface area contributed by atoms with Crippen LogP contribution in [-0.2, 0) is 10.0 Å². The van der Waals surface area contributed by atoms with Crippen molar-refractivity contribution in [2.24, 2.45) is 0 Å². The highest BCUT2D eigenvalue weighted by molar-refractivity contribution is 7.89. The Morgan fingerprint density at radius 1 is 1.33 bits per heavy atom. The van der Waals surface area contributed by atoms with E-state index in [0.29, 0.717) is 0 Å². The second-order valence-electron chi connectivity index (χ2n) is 3.82. The Kier molecular flexibility index (Phi) is 5.49. The van der Waals surface area contributed by atoms with Crippen molar-refractivity contribution in [1.82, 2.24) is 4.72 Å². The molecule has 0 amide bonds. The van der Waals surface area contributed by atoms with Crippen molar-refractivity contribution in [3.63, 3.8) is 0 Å². The maximum absolute atomic E-state index is 12.0. The van der Waals surface area contributed by atoms with Gasteiger partial charge in [-0.2, -0.15) is 0 Å². The number of aliphatic hydroxyl groups is 2. The molecule has 0 aliphatic heterocycles. The second-order valence-corrected chi connectivity index (χ2v) is 5.53. The molecule has 1 rings (SSSR count). The molecule has 0 aliphatic rings. The van der Waals surface area contributed by atoms with Crippen molar-refractivity contribution in [2.75, 3.05) is 6.61 Å². The fourth-order valence-corrected chi connectivity index (χ4v) is 2.72. The van der Waals surface area contributed by atoms with Gasteiger partial charge in [-0.15, -0.1) is 6.58 Å². The summed E-state index contributed by atoms with van der Waals surface area (Å²) in [6.45, 7) is 2.97. The van der Waals surface area contributed by atoms with Crippen LogP contribution in [0.2, 0.25) is 0 Å². The van der Waals surface area contributed by atoms with Gasteiger partial charge in [-0.25, -0.2) is 13.1 Å². The summed E-state index contributed by atoms with van der Waals surface area (Å²) < 4.78 is 26.2. The van der Waals surface area contributed by atoms with Crippen LogP contribution in [0.3, 0.4) is 0 Å². The minimum absolute atomic E-state index is 0.0919. The number of hydrogen-bond donors (Lipinski definition) is 3. The van der Waals surface area contributed by atoms with Gasteiger partial charge in [0.25, 0.3) is 0 Å². The summed E-state index contributed by atoms with van der Waals surface area (Å²) in [5.74, 6) is 0. The molecule has 1 aromatic carbocycles. The summed E-state index contributed by atoms with van der Waals surface area (Å²) in [5, 5.41) is 18.8. The first-order valence-electron chi connectivity index (χ1n) is 5.48. The molecule has 2 atom stereocenters. The molecule has 1 aromatic rings. The Balaban J connectivity index is 2.84. The van der Waals surface area contributed by atoms with Gasteiger partial charge in [0, 0.05) is 0 Å². The number of hydrogen-bond acceptors (Lipinski definition) is 4. The zero-order valence-corrected chi connectivity index (χ0v) is 10.7. The second kappa shape index (κ2) is 6.65. The lowest BCUT2D eigenvalue weighted by molar-refractivity contribution is 0.103. The third-order valence-corrected chi connectivity index (χ3v) is 3.94. The van der Waals surface area contributed by atoms with E-state index in [-0.39, 0.29) is 11.3 Å². The fraction of sp³-hybridized carbons (Fsp3) is 0.333. The zero-order valence-electron chi connectivity index (χ0n) is 9.86. The van der Waals surface area contributed by atoms with Crippen molar-refractivity contribution in [2.45, 2.75) is 23.5 Å². The Hall–Kier alpha value is -1.21. The summed E-state index contributed by atoms with van der Waals surface area (Å²) in [7, 11) is -3.74. The minimum Gasteiger partial charge on any atom is -0.395 e. The largest absolute Gasteiger partial charge is 0.395 e. The van der Waals surface area contributed by atoms with Crippen molar-refractivity contribution < 1.29 is 18.6 Å². The number of rotatable bonds is 7. The van der Waals surface area contributed by atoms with Crippen molar-refractivity contribution in [3.8, 4) is 0 Å². The summed E-state index contributed by atoms with van der Waals surface area (Å²) >= 11 is 0. The van der Waals surface area contributed by atoms with Gasteiger partial charge in [0.2, 0.25) is 10.0 Å². The smallest absolute Gasteiger partial charge is 0.240 e. The van der Waals surface area contributed by atoms with Crippen LogP contribution in [0.1, 0.15) is 6.42 Å². The average molecular weight is 271 g/mol. The molecule has 0 bridgehead atoms. The Morgan fingerprint density at radius 2 is 1.94 bits per heavy atom. The van der Waals surface area contributed by atoms with Gasteiger partial charge in [0.15, 0.2) is 0 Å². The molecule has 0 aromatic heterocycles. The molecule has 0 radical (unpaired) electrons. The third-order valence-electron chi connectivity index (χ3n) is 2.43. The highest BCUT2D eigenvalue weighted by Gasteiger charge is 2.24. The molecule has 0 spiro atoms. The minimum atomic E-state index is -3.74. The molecule has 6 heteroatoms. The first-order chi connectivity index (χ1) is 8.51. The third kappa shape index (κ3) is 3.92. The van der Waals surface area contributed by atoms with Crippen LogP contribution in [0, 0.1) is 0 Å². The molecule has 0 saturated heterocycles. The van der Waals surface area contributed by atoms with E-state index >= 15 is 0 Å². The van der Waals surface area contributed by atoms with E-state index in [4.69, 9.17) is 5.11 Å². The van der Waals surface area contributed by atoms with Crippen LogP contribution in [0.25, 0.3) is 0 Å². The normalized spacial score (nSPS) is 15.0. The van der Waals surface area contributed by atoms with Gasteiger partial charge >= 0.3 is 0 Å². The summed E-state index contributed by atoms with van der Waals surface area (Å²) in [5.41, 5.74) is 0. The molecule has 0 saturated carbocycles. The van der Waals surface area contributed by atoms with Crippen LogP contribution in [-0.4, -0.2) is 37.4 Å². The molecule has 0 fully saturated rings. The van der Waals surface area contributed by atoms with Crippen LogP contribution >= 0.6 is 0 Å². The Bertz CT molecular complexity index is 472. The fourth-order valence-electron chi connectivity index (χ4n) is 1.44. The first kappa shape index (κ1) is 14.8. The van der Waals surface area contributed by atoms with Crippen LogP contribution in [0.5, 0.6) is 0 Å². The van der Waals surface area contributed by atoms with E-state index in [1.807, 2.05) is 0 Å². The lowest BCUT2D eigenvalue weighted by atomic mass is 10.1. The van der Waals surface area contributed by atoms with E-state index in [9.17, 15) is 13.5 Å². The predicted molar refractivity (Wildman–Crippen MR) is 68.5 cm³/mol. The van der Waals surface area contributed by atoms with Gasteiger partial charge in [0.05, 0.1) is 23.6 Å². The van der Waals surface area contributed by atoms with Crippen LogP contribution in [0.15, 0.2) is 47.9 Å². The molecule has 3 N–H and O–H groups in total. The number of aliphatic hydroxyl groups excluding tert-OH is 2. The summed E-state index contributed by atoms with van der Waals surface area (Å²) in [6.07, 6.45) is 0.651. The molecule has 0 aliphatic carbocycles. The topological polar surface area (TPSA) is 86.6 Å². The van der Waals surface area contributed by atoms with Crippen molar-refractivity contribution in [3.05, 3.63) is 43.0 Å². The Labute approximate surface area is 107 Å². The number of sulfonamides is 1. The molecular weight excluding hydrogens is 254 g/mol. The predicted octanol–water partition coefficient (Wildman–Crippen LogP) is 0.263. The number of nitrogens with one attached hydrogen (secondary N) is 1. The average Bonchev–Trinajstić information content (AvgIpc) is 2.37. The van der Waals surface area contributed by atoms with E-state index in [1.54, 1.807) is 18.2 Å². The first-order valence-corrected chi connectivity index (χ1v) is 6.96. The van der Waals surface area contributed by atoms with E-state index in [2.05, 4.69) is 11.3 Å².